The first-order valence-corrected chi connectivity index (χ1v) is 9.48. The zero-order valence-electron chi connectivity index (χ0n) is 14.8. The van der Waals surface area contributed by atoms with Gasteiger partial charge in [-0.2, -0.15) is 0 Å². The van der Waals surface area contributed by atoms with Gasteiger partial charge in [-0.1, -0.05) is 24.3 Å². The molecule has 0 unspecified atom stereocenters. The van der Waals surface area contributed by atoms with Crippen LogP contribution in [0.4, 0.5) is 0 Å². The topological polar surface area (TPSA) is 58.6 Å². The van der Waals surface area contributed by atoms with Crippen LogP contribution in [0, 0.1) is 0 Å². The Labute approximate surface area is 149 Å². The minimum Gasteiger partial charge on any atom is -0.373 e. The molecule has 1 atom stereocenters. The number of ether oxygens (including phenoxy) is 1. The van der Waals surface area contributed by atoms with Gasteiger partial charge >= 0.3 is 0 Å². The number of likely N-dealkylation sites (tertiary alicyclic amines) is 1. The number of nitrogens with zero attached hydrogens (tertiary/aromatic N) is 1. The standard InChI is InChI=1S/C20H28N2O3/c23-19(11-14-22-13-4-10-20(22)24)21-12-5-15-25-18-9-3-7-16-6-1-2-8-17(16)18/h1-2,6,8,18H,3-5,7,9-15H2,(H,21,23)/t18-/m1/s1. The summed E-state index contributed by atoms with van der Waals surface area (Å²) in [5.41, 5.74) is 2.73. The van der Waals surface area contributed by atoms with Crippen LogP contribution in [0.1, 0.15) is 55.8 Å². The number of rotatable bonds is 8. The van der Waals surface area contributed by atoms with Gasteiger partial charge in [-0.05, 0) is 43.2 Å². The first-order chi connectivity index (χ1) is 12.2. The van der Waals surface area contributed by atoms with Crippen LogP contribution < -0.4 is 5.32 Å². The molecule has 1 aliphatic carbocycles. The van der Waals surface area contributed by atoms with Gasteiger partial charge in [-0.3, -0.25) is 9.59 Å². The molecule has 25 heavy (non-hydrogen) atoms. The van der Waals surface area contributed by atoms with Gasteiger partial charge in [0.1, 0.15) is 0 Å². The SMILES string of the molecule is O=C(CCN1CCCC1=O)NCCCO[C@@H]1CCCc2ccccc21. The van der Waals surface area contributed by atoms with E-state index in [1.165, 1.54) is 17.5 Å². The predicted octanol–water partition coefficient (Wildman–Crippen LogP) is 2.60. The Hall–Kier alpha value is -1.88. The summed E-state index contributed by atoms with van der Waals surface area (Å²) >= 11 is 0. The number of hydrogen-bond donors (Lipinski definition) is 1. The van der Waals surface area contributed by atoms with Crippen LogP contribution >= 0.6 is 0 Å². The van der Waals surface area contributed by atoms with Crippen LogP contribution in [-0.2, 0) is 20.7 Å². The van der Waals surface area contributed by atoms with Crippen molar-refractivity contribution in [3.63, 3.8) is 0 Å². The summed E-state index contributed by atoms with van der Waals surface area (Å²) in [6.07, 6.45) is 6.34. The molecule has 3 rings (SSSR count). The number of carbonyl (C=O) groups excluding carboxylic acids is 2. The molecule has 1 saturated heterocycles. The molecule has 0 radical (unpaired) electrons. The summed E-state index contributed by atoms with van der Waals surface area (Å²) in [5.74, 6) is 0.191. The van der Waals surface area contributed by atoms with Gasteiger partial charge in [0.15, 0.2) is 0 Å². The number of hydrogen-bond acceptors (Lipinski definition) is 3. The molecule has 136 valence electrons. The van der Waals surface area contributed by atoms with E-state index in [0.29, 0.717) is 32.5 Å². The molecule has 2 aliphatic rings. The summed E-state index contributed by atoms with van der Waals surface area (Å²) in [6.45, 7) is 2.62. The van der Waals surface area contributed by atoms with E-state index in [0.717, 1.165) is 32.2 Å². The number of fused-ring (bicyclic) bond motifs is 1. The Kier molecular flexibility index (Phi) is 6.45. The summed E-state index contributed by atoms with van der Waals surface area (Å²) in [6, 6.07) is 8.52. The minimum atomic E-state index is 0.0164. The fourth-order valence-electron chi connectivity index (χ4n) is 3.67. The van der Waals surface area contributed by atoms with Gasteiger partial charge in [0.25, 0.3) is 0 Å². The van der Waals surface area contributed by atoms with Gasteiger partial charge in [-0.15, -0.1) is 0 Å². The second-order valence-electron chi connectivity index (χ2n) is 6.89. The fourth-order valence-corrected chi connectivity index (χ4v) is 3.67. The molecule has 5 heteroatoms. The number of carbonyl (C=O) groups is 2. The number of benzene rings is 1. The molecule has 1 heterocycles. The van der Waals surface area contributed by atoms with Crippen molar-refractivity contribution in [1.29, 1.82) is 0 Å². The lowest BCUT2D eigenvalue weighted by molar-refractivity contribution is -0.128. The van der Waals surface area contributed by atoms with Crippen molar-refractivity contribution in [3.05, 3.63) is 35.4 Å². The van der Waals surface area contributed by atoms with E-state index in [4.69, 9.17) is 4.74 Å². The second-order valence-corrected chi connectivity index (χ2v) is 6.89. The van der Waals surface area contributed by atoms with Gasteiger partial charge in [-0.25, -0.2) is 0 Å². The Bertz CT molecular complexity index is 602. The fraction of sp³-hybridized carbons (Fsp3) is 0.600. The van der Waals surface area contributed by atoms with Gasteiger partial charge < -0.3 is 15.0 Å². The van der Waals surface area contributed by atoms with E-state index in [9.17, 15) is 9.59 Å². The largest absolute Gasteiger partial charge is 0.373 e. The summed E-state index contributed by atoms with van der Waals surface area (Å²) in [7, 11) is 0. The van der Waals surface area contributed by atoms with E-state index in [1.54, 1.807) is 4.90 Å². The lowest BCUT2D eigenvalue weighted by atomic mass is 9.89. The predicted molar refractivity (Wildman–Crippen MR) is 96.1 cm³/mol. The first kappa shape index (κ1) is 17.9. The molecule has 1 fully saturated rings. The zero-order chi connectivity index (χ0) is 17.5. The normalized spacial score (nSPS) is 19.8. The van der Waals surface area contributed by atoms with E-state index in [2.05, 4.69) is 29.6 Å². The van der Waals surface area contributed by atoms with Crippen molar-refractivity contribution in [2.75, 3.05) is 26.2 Å². The molecule has 1 aromatic carbocycles. The Morgan fingerprint density at radius 3 is 2.96 bits per heavy atom. The Morgan fingerprint density at radius 2 is 2.12 bits per heavy atom. The van der Waals surface area contributed by atoms with E-state index in [1.807, 2.05) is 0 Å². The maximum Gasteiger partial charge on any atom is 0.222 e. The van der Waals surface area contributed by atoms with Gasteiger partial charge in [0.2, 0.25) is 11.8 Å². The van der Waals surface area contributed by atoms with Crippen molar-refractivity contribution < 1.29 is 14.3 Å². The maximum absolute atomic E-state index is 11.8. The van der Waals surface area contributed by atoms with Crippen LogP contribution in [-0.4, -0.2) is 43.0 Å². The highest BCUT2D eigenvalue weighted by Gasteiger charge is 2.21. The van der Waals surface area contributed by atoms with E-state index in [-0.39, 0.29) is 17.9 Å². The van der Waals surface area contributed by atoms with Crippen LogP contribution in [0.15, 0.2) is 24.3 Å². The lowest BCUT2D eigenvalue weighted by Crippen LogP contribution is -2.32. The quantitative estimate of drug-likeness (QED) is 0.738. The highest BCUT2D eigenvalue weighted by molar-refractivity contribution is 5.80. The van der Waals surface area contributed by atoms with Crippen LogP contribution in [0.5, 0.6) is 0 Å². The number of amides is 2. The molecule has 1 N–H and O–H groups in total. The molecule has 0 aromatic heterocycles. The molecule has 0 spiro atoms. The van der Waals surface area contributed by atoms with Crippen molar-refractivity contribution in [2.45, 2.75) is 51.0 Å². The van der Waals surface area contributed by atoms with E-state index >= 15 is 0 Å². The molecule has 1 aliphatic heterocycles. The van der Waals surface area contributed by atoms with Gasteiger partial charge in [0.05, 0.1) is 6.10 Å². The smallest absolute Gasteiger partial charge is 0.222 e. The van der Waals surface area contributed by atoms with Crippen LogP contribution in [0.3, 0.4) is 0 Å². The average molecular weight is 344 g/mol. The van der Waals surface area contributed by atoms with Crippen molar-refractivity contribution in [3.8, 4) is 0 Å². The maximum atomic E-state index is 11.8. The summed E-state index contributed by atoms with van der Waals surface area (Å²) in [5, 5.41) is 2.92. The molecule has 0 saturated carbocycles. The molecular weight excluding hydrogens is 316 g/mol. The number of nitrogens with one attached hydrogen (secondary N) is 1. The van der Waals surface area contributed by atoms with Crippen molar-refractivity contribution in [2.24, 2.45) is 0 Å². The summed E-state index contributed by atoms with van der Waals surface area (Å²) < 4.78 is 6.04. The third kappa shape index (κ3) is 5.05. The Balaban J connectivity index is 1.29. The van der Waals surface area contributed by atoms with Crippen LogP contribution in [0.2, 0.25) is 0 Å². The van der Waals surface area contributed by atoms with E-state index < -0.39 is 0 Å². The molecule has 1 aromatic rings. The molecule has 2 amide bonds. The number of aryl methyl sites for hydroxylation is 1. The molecule has 0 bridgehead atoms. The minimum absolute atomic E-state index is 0.0164. The summed E-state index contributed by atoms with van der Waals surface area (Å²) in [4.78, 5) is 25.1. The second kappa shape index (κ2) is 8.99. The van der Waals surface area contributed by atoms with Gasteiger partial charge in [0, 0.05) is 39.1 Å². The highest BCUT2D eigenvalue weighted by atomic mass is 16.5. The lowest BCUT2D eigenvalue weighted by Gasteiger charge is -2.25. The first-order valence-electron chi connectivity index (χ1n) is 9.48. The monoisotopic (exact) mass is 344 g/mol. The van der Waals surface area contributed by atoms with Crippen molar-refractivity contribution >= 4 is 11.8 Å². The third-order valence-electron chi connectivity index (χ3n) is 5.06. The molecule has 5 nitrogen and oxygen atoms in total. The average Bonchev–Trinajstić information content (AvgIpc) is 3.05. The van der Waals surface area contributed by atoms with Crippen LogP contribution in [0.25, 0.3) is 0 Å². The molecular formula is C20H28N2O3. The van der Waals surface area contributed by atoms with Crippen molar-refractivity contribution in [1.82, 2.24) is 10.2 Å². The zero-order valence-corrected chi connectivity index (χ0v) is 14.8. The highest BCUT2D eigenvalue weighted by Crippen LogP contribution is 2.32. The third-order valence-corrected chi connectivity index (χ3v) is 5.06. The Morgan fingerprint density at radius 1 is 1.24 bits per heavy atom.